The summed E-state index contributed by atoms with van der Waals surface area (Å²) >= 11 is 3.55. The second kappa shape index (κ2) is 5.50. The molecule has 148 valence electrons. The van der Waals surface area contributed by atoms with Gasteiger partial charge in [0.05, 0.1) is 0 Å². The Balaban J connectivity index is 1.78. The Kier molecular flexibility index (Phi) is 3.62. The van der Waals surface area contributed by atoms with Crippen molar-refractivity contribution in [1.82, 2.24) is 0 Å². The quantitative estimate of drug-likeness (QED) is 0.544. The Morgan fingerprint density at radius 1 is 1.00 bits per heavy atom. The number of carbonyl (C=O) groups is 2. The Morgan fingerprint density at radius 3 is 2.50 bits per heavy atom. The minimum atomic E-state index is -1.02. The number of hydrogen-bond acceptors (Lipinski definition) is 4. The zero-order valence-electron chi connectivity index (χ0n) is 16.7. The number of fused-ring (bicyclic) bond motifs is 3. The van der Waals surface area contributed by atoms with Crippen molar-refractivity contribution in [1.29, 1.82) is 0 Å². The van der Waals surface area contributed by atoms with Gasteiger partial charge in [-0.05, 0) is 29.0 Å². The molecule has 5 heteroatoms. The van der Waals surface area contributed by atoms with Gasteiger partial charge in [-0.25, -0.2) is 0 Å². The Bertz CT molecular complexity index is 957. The van der Waals surface area contributed by atoms with Crippen LogP contribution >= 0.6 is 15.9 Å². The molecule has 28 heavy (non-hydrogen) atoms. The zero-order valence-corrected chi connectivity index (χ0v) is 18.3. The van der Waals surface area contributed by atoms with Crippen LogP contribution in [-0.2, 0) is 14.3 Å². The van der Waals surface area contributed by atoms with E-state index in [2.05, 4.69) is 43.6 Å². The van der Waals surface area contributed by atoms with Crippen molar-refractivity contribution < 1.29 is 19.1 Å². The first-order valence-corrected chi connectivity index (χ1v) is 10.8. The molecule has 0 N–H and O–H groups in total. The van der Waals surface area contributed by atoms with Gasteiger partial charge in [-0.2, -0.15) is 0 Å². The summed E-state index contributed by atoms with van der Waals surface area (Å²) in [6, 6.07) is 5.85. The normalized spacial score (nSPS) is 34.6. The van der Waals surface area contributed by atoms with Crippen LogP contribution in [-0.4, -0.2) is 17.4 Å². The first kappa shape index (κ1) is 18.4. The summed E-state index contributed by atoms with van der Waals surface area (Å²) in [5.41, 5.74) is 1.27. The van der Waals surface area contributed by atoms with E-state index in [4.69, 9.17) is 9.47 Å². The maximum absolute atomic E-state index is 13.4. The van der Waals surface area contributed by atoms with Crippen LogP contribution in [0.25, 0.3) is 0 Å². The van der Waals surface area contributed by atoms with Crippen LogP contribution < -0.4 is 4.74 Å². The lowest BCUT2D eigenvalue weighted by molar-refractivity contribution is -0.244. The first-order chi connectivity index (χ1) is 13.0. The summed E-state index contributed by atoms with van der Waals surface area (Å²) in [6.07, 6.45) is 2.29. The van der Waals surface area contributed by atoms with Crippen LogP contribution in [0.4, 0.5) is 0 Å². The molecule has 0 radical (unpaired) electrons. The number of allylic oxidation sites excluding steroid dienone is 2. The average Bonchev–Trinajstić information content (AvgIpc) is 2.51. The molecule has 3 unspecified atom stereocenters. The lowest BCUT2D eigenvalue weighted by atomic mass is 9.58. The van der Waals surface area contributed by atoms with Gasteiger partial charge in [-0.15, -0.1) is 0 Å². The number of ether oxygens (including phenoxy) is 2. The van der Waals surface area contributed by atoms with Gasteiger partial charge in [0.1, 0.15) is 23.2 Å². The van der Waals surface area contributed by atoms with Crippen molar-refractivity contribution in [3.05, 3.63) is 39.6 Å². The second-order valence-electron chi connectivity index (χ2n) is 10.4. The number of hydrogen-bond donors (Lipinski definition) is 0. The smallest absolute Gasteiger partial charge is 0.261 e. The lowest BCUT2D eigenvalue weighted by Crippen LogP contribution is -2.63. The Morgan fingerprint density at radius 2 is 1.75 bits per heavy atom. The molecule has 0 spiro atoms. The van der Waals surface area contributed by atoms with Crippen LogP contribution in [0.2, 0.25) is 0 Å². The van der Waals surface area contributed by atoms with Crippen LogP contribution in [0.1, 0.15) is 64.9 Å². The maximum Gasteiger partial charge on any atom is 0.261 e. The van der Waals surface area contributed by atoms with Gasteiger partial charge in [0, 0.05) is 47.2 Å². The molecule has 5 rings (SSSR count). The van der Waals surface area contributed by atoms with Gasteiger partial charge in [0.2, 0.25) is 0 Å². The number of Topliss-reactive ketones (excluding diaryl/α,β-unsaturated/α-hetero) is 2. The zero-order chi connectivity index (χ0) is 20.1. The lowest BCUT2D eigenvalue weighted by Gasteiger charge is -2.57. The topological polar surface area (TPSA) is 52.6 Å². The predicted octanol–water partition coefficient (Wildman–Crippen LogP) is 5.30. The van der Waals surface area contributed by atoms with E-state index in [1.807, 2.05) is 18.2 Å². The summed E-state index contributed by atoms with van der Waals surface area (Å²) in [7, 11) is 0. The fraction of sp³-hybridized carbons (Fsp3) is 0.565. The molecular formula is C23H25BrO4. The number of rotatable bonds is 0. The summed E-state index contributed by atoms with van der Waals surface area (Å²) in [4.78, 5) is 26.6. The number of halogens is 1. The molecule has 2 aliphatic carbocycles. The fourth-order valence-corrected chi connectivity index (χ4v) is 6.17. The van der Waals surface area contributed by atoms with E-state index in [0.29, 0.717) is 31.3 Å². The van der Waals surface area contributed by atoms with E-state index in [9.17, 15) is 9.59 Å². The van der Waals surface area contributed by atoms with Crippen molar-refractivity contribution >= 4 is 27.5 Å². The molecule has 2 heterocycles. The highest BCUT2D eigenvalue weighted by atomic mass is 79.9. The highest BCUT2D eigenvalue weighted by molar-refractivity contribution is 9.10. The molecule has 0 aromatic heterocycles. The minimum absolute atomic E-state index is 0.107. The number of carbonyl (C=O) groups excluding carboxylic acids is 2. The van der Waals surface area contributed by atoms with Crippen molar-refractivity contribution in [2.24, 2.45) is 16.7 Å². The molecule has 4 aliphatic rings. The number of ketones is 2. The highest BCUT2D eigenvalue weighted by Gasteiger charge is 2.65. The van der Waals surface area contributed by atoms with Crippen LogP contribution in [0.3, 0.4) is 0 Å². The molecule has 1 aromatic carbocycles. The molecule has 1 saturated carbocycles. The van der Waals surface area contributed by atoms with E-state index < -0.39 is 11.7 Å². The van der Waals surface area contributed by atoms with Gasteiger partial charge in [0.25, 0.3) is 5.79 Å². The molecular weight excluding hydrogens is 420 g/mol. The Hall–Kier alpha value is -1.62. The van der Waals surface area contributed by atoms with E-state index >= 15 is 0 Å². The summed E-state index contributed by atoms with van der Waals surface area (Å²) in [6.45, 7) is 8.38. The van der Waals surface area contributed by atoms with Crippen LogP contribution in [0, 0.1) is 16.7 Å². The van der Waals surface area contributed by atoms with E-state index in [1.165, 1.54) is 0 Å². The van der Waals surface area contributed by atoms with Gasteiger partial charge in [-0.3, -0.25) is 9.59 Å². The second-order valence-corrected chi connectivity index (χ2v) is 11.3. The van der Waals surface area contributed by atoms with Crippen molar-refractivity contribution in [3.63, 3.8) is 0 Å². The van der Waals surface area contributed by atoms with E-state index in [0.717, 1.165) is 21.5 Å². The molecule has 4 nitrogen and oxygen atoms in total. The third-order valence-electron chi connectivity index (χ3n) is 6.61. The standard InChI is InChI=1S/C23H25BrO4/c1-21(2)8-14(25)19-17(10-21)28-23-11-22(3,4)9-15(26)20(23)18(19)13-7-12(24)5-6-16(13)27-23/h5-7,18,20H,8-11H2,1-4H3. The van der Waals surface area contributed by atoms with Crippen molar-refractivity contribution in [2.45, 2.75) is 65.1 Å². The molecule has 0 saturated heterocycles. The predicted molar refractivity (Wildman–Crippen MR) is 108 cm³/mol. The maximum atomic E-state index is 13.4. The third kappa shape index (κ3) is 2.54. The number of benzene rings is 1. The molecule has 3 atom stereocenters. The fourth-order valence-electron chi connectivity index (χ4n) is 5.79. The molecule has 1 aromatic rings. The average molecular weight is 445 g/mol. The van der Waals surface area contributed by atoms with Crippen LogP contribution in [0.5, 0.6) is 5.75 Å². The molecule has 2 bridgehead atoms. The Labute approximate surface area is 173 Å². The first-order valence-electron chi connectivity index (χ1n) is 9.97. The van der Waals surface area contributed by atoms with Crippen LogP contribution in [0.15, 0.2) is 34.0 Å². The summed E-state index contributed by atoms with van der Waals surface area (Å²) in [5, 5.41) is 0. The van der Waals surface area contributed by atoms with E-state index in [1.54, 1.807) is 0 Å². The van der Waals surface area contributed by atoms with Gasteiger partial charge >= 0.3 is 0 Å². The highest BCUT2D eigenvalue weighted by Crippen LogP contribution is 2.62. The summed E-state index contributed by atoms with van der Waals surface area (Å²) in [5.74, 6) is -0.0656. The largest absolute Gasteiger partial charge is 0.455 e. The molecule has 0 amide bonds. The van der Waals surface area contributed by atoms with Gasteiger partial charge in [0.15, 0.2) is 5.78 Å². The third-order valence-corrected chi connectivity index (χ3v) is 7.10. The monoisotopic (exact) mass is 444 g/mol. The molecule has 2 aliphatic heterocycles. The SMILES string of the molecule is CC1(C)CC(=O)C2=C(C1)OC13CC(C)(C)CC(=O)C1C2c1cc(Br)ccc1O3. The van der Waals surface area contributed by atoms with Crippen molar-refractivity contribution in [2.75, 3.05) is 0 Å². The van der Waals surface area contributed by atoms with Crippen molar-refractivity contribution in [3.8, 4) is 5.75 Å². The molecule has 1 fully saturated rings. The van der Waals surface area contributed by atoms with E-state index in [-0.39, 0.29) is 28.3 Å². The summed E-state index contributed by atoms with van der Waals surface area (Å²) < 4.78 is 14.0. The minimum Gasteiger partial charge on any atom is -0.455 e. The van der Waals surface area contributed by atoms with Gasteiger partial charge < -0.3 is 9.47 Å². The van der Waals surface area contributed by atoms with Gasteiger partial charge in [-0.1, -0.05) is 43.6 Å².